The number of carbonyl (C=O) groups is 1. The Kier molecular flexibility index (Phi) is 2.76. The molecule has 1 aliphatic heterocycles. The molecule has 2 aliphatic carbocycles. The summed E-state index contributed by atoms with van der Waals surface area (Å²) in [4.78, 5) is 14.8. The summed E-state index contributed by atoms with van der Waals surface area (Å²) in [5.74, 6) is 2.42. The van der Waals surface area contributed by atoms with Gasteiger partial charge in [0.05, 0.1) is 0 Å². The fraction of sp³-hybridized carbons (Fsp3) is 0.588. The van der Waals surface area contributed by atoms with Crippen molar-refractivity contribution in [3.05, 3.63) is 29.3 Å². The Labute approximate surface area is 119 Å². The standard InChI is InChI=1S/C17H21NO2/c19-15-4-3-12-5-6-18(10-14(12)9-15)17(20)16-8-11-1-2-13(16)7-11/h3-4,9,11,13,16,19H,1-2,5-8,10H2. The van der Waals surface area contributed by atoms with Gasteiger partial charge in [-0.1, -0.05) is 12.5 Å². The Morgan fingerprint density at radius 1 is 1.20 bits per heavy atom. The van der Waals surface area contributed by atoms with Gasteiger partial charge in [0.25, 0.3) is 0 Å². The molecule has 1 heterocycles. The van der Waals surface area contributed by atoms with E-state index in [0.717, 1.165) is 30.9 Å². The summed E-state index contributed by atoms with van der Waals surface area (Å²) >= 11 is 0. The molecular formula is C17H21NO2. The van der Waals surface area contributed by atoms with Crippen molar-refractivity contribution >= 4 is 5.91 Å². The maximum absolute atomic E-state index is 12.7. The van der Waals surface area contributed by atoms with Crippen molar-refractivity contribution in [2.75, 3.05) is 6.54 Å². The number of phenolic OH excluding ortho intramolecular Hbond substituents is 1. The summed E-state index contributed by atoms with van der Waals surface area (Å²) < 4.78 is 0. The van der Waals surface area contributed by atoms with E-state index >= 15 is 0 Å². The highest BCUT2D eigenvalue weighted by molar-refractivity contribution is 5.80. The number of hydrogen-bond acceptors (Lipinski definition) is 2. The van der Waals surface area contributed by atoms with Gasteiger partial charge in [-0.05, 0) is 60.8 Å². The molecule has 2 bridgehead atoms. The molecule has 106 valence electrons. The smallest absolute Gasteiger partial charge is 0.226 e. The third-order valence-corrected chi connectivity index (χ3v) is 5.57. The highest BCUT2D eigenvalue weighted by Crippen LogP contribution is 2.49. The van der Waals surface area contributed by atoms with Gasteiger partial charge in [-0.15, -0.1) is 0 Å². The van der Waals surface area contributed by atoms with E-state index < -0.39 is 0 Å². The first kappa shape index (κ1) is 12.2. The van der Waals surface area contributed by atoms with E-state index in [-0.39, 0.29) is 5.92 Å². The molecule has 0 radical (unpaired) electrons. The van der Waals surface area contributed by atoms with E-state index in [1.54, 1.807) is 6.07 Å². The zero-order valence-corrected chi connectivity index (χ0v) is 11.7. The number of hydrogen-bond donors (Lipinski definition) is 1. The van der Waals surface area contributed by atoms with Gasteiger partial charge in [-0.3, -0.25) is 4.79 Å². The zero-order valence-electron chi connectivity index (χ0n) is 11.7. The third kappa shape index (κ3) is 1.91. The second-order valence-corrected chi connectivity index (χ2v) is 6.74. The van der Waals surface area contributed by atoms with E-state index in [9.17, 15) is 9.90 Å². The van der Waals surface area contributed by atoms with Crippen molar-refractivity contribution in [3.8, 4) is 5.75 Å². The number of aromatic hydroxyl groups is 1. The minimum Gasteiger partial charge on any atom is -0.508 e. The molecule has 1 amide bonds. The lowest BCUT2D eigenvalue weighted by atomic mass is 9.87. The lowest BCUT2D eigenvalue weighted by molar-refractivity contribution is -0.138. The van der Waals surface area contributed by atoms with Gasteiger partial charge in [0.1, 0.15) is 5.75 Å². The number of carbonyl (C=O) groups excluding carboxylic acids is 1. The van der Waals surface area contributed by atoms with Crippen LogP contribution in [-0.4, -0.2) is 22.5 Å². The van der Waals surface area contributed by atoms with Crippen LogP contribution in [-0.2, 0) is 17.8 Å². The number of nitrogens with zero attached hydrogens (tertiary/aromatic N) is 1. The molecular weight excluding hydrogens is 250 g/mol. The molecule has 3 aliphatic rings. The predicted octanol–water partition coefficient (Wildman–Crippen LogP) is 2.71. The number of fused-ring (bicyclic) bond motifs is 3. The Morgan fingerprint density at radius 3 is 2.85 bits per heavy atom. The second kappa shape index (κ2) is 4.51. The molecule has 3 nitrogen and oxygen atoms in total. The van der Waals surface area contributed by atoms with Crippen molar-refractivity contribution in [2.45, 2.75) is 38.6 Å². The van der Waals surface area contributed by atoms with Gasteiger partial charge in [-0.2, -0.15) is 0 Å². The maximum Gasteiger partial charge on any atom is 0.226 e. The van der Waals surface area contributed by atoms with Gasteiger partial charge < -0.3 is 10.0 Å². The van der Waals surface area contributed by atoms with Crippen molar-refractivity contribution in [1.82, 2.24) is 4.90 Å². The van der Waals surface area contributed by atoms with E-state index in [0.29, 0.717) is 24.1 Å². The van der Waals surface area contributed by atoms with Crippen LogP contribution in [0.3, 0.4) is 0 Å². The summed E-state index contributed by atoms with van der Waals surface area (Å²) in [6, 6.07) is 5.55. The van der Waals surface area contributed by atoms with E-state index in [2.05, 4.69) is 0 Å². The Morgan fingerprint density at radius 2 is 2.10 bits per heavy atom. The predicted molar refractivity (Wildman–Crippen MR) is 76.2 cm³/mol. The monoisotopic (exact) mass is 271 g/mol. The largest absolute Gasteiger partial charge is 0.508 e. The van der Waals surface area contributed by atoms with Crippen LogP contribution < -0.4 is 0 Å². The summed E-state index contributed by atoms with van der Waals surface area (Å²) in [6.07, 6.45) is 5.91. The SMILES string of the molecule is O=C(C1CC2CCC1C2)N1CCc2ccc(O)cc2C1. The van der Waals surface area contributed by atoms with Crippen LogP contribution in [0, 0.1) is 17.8 Å². The van der Waals surface area contributed by atoms with Gasteiger partial charge in [0, 0.05) is 19.0 Å². The summed E-state index contributed by atoms with van der Waals surface area (Å²) in [7, 11) is 0. The Balaban J connectivity index is 1.51. The molecule has 0 saturated heterocycles. The zero-order chi connectivity index (χ0) is 13.7. The lowest BCUT2D eigenvalue weighted by Gasteiger charge is -2.33. The van der Waals surface area contributed by atoms with Crippen molar-refractivity contribution < 1.29 is 9.90 Å². The van der Waals surface area contributed by atoms with Crippen LogP contribution >= 0.6 is 0 Å². The van der Waals surface area contributed by atoms with Crippen LogP contribution in [0.25, 0.3) is 0 Å². The first-order valence-electron chi connectivity index (χ1n) is 7.80. The molecule has 3 heteroatoms. The third-order valence-electron chi connectivity index (χ3n) is 5.57. The minimum absolute atomic E-state index is 0.285. The normalized spacial score (nSPS) is 31.4. The van der Waals surface area contributed by atoms with Crippen molar-refractivity contribution in [3.63, 3.8) is 0 Å². The molecule has 2 saturated carbocycles. The number of rotatable bonds is 1. The maximum atomic E-state index is 12.7. The molecule has 1 aromatic rings. The van der Waals surface area contributed by atoms with Gasteiger partial charge in [0.2, 0.25) is 5.91 Å². The topological polar surface area (TPSA) is 40.5 Å². The average Bonchev–Trinajstić information content (AvgIpc) is 3.08. The molecule has 1 N–H and O–H groups in total. The summed E-state index contributed by atoms with van der Waals surface area (Å²) in [5.41, 5.74) is 2.40. The number of phenols is 1. The average molecular weight is 271 g/mol. The van der Waals surface area contributed by atoms with Crippen LogP contribution in [0.2, 0.25) is 0 Å². The van der Waals surface area contributed by atoms with Crippen LogP contribution in [0.4, 0.5) is 0 Å². The van der Waals surface area contributed by atoms with Crippen LogP contribution in [0.5, 0.6) is 5.75 Å². The molecule has 0 aromatic heterocycles. The van der Waals surface area contributed by atoms with E-state index in [1.165, 1.54) is 24.8 Å². The second-order valence-electron chi connectivity index (χ2n) is 6.74. The fourth-order valence-electron chi connectivity index (χ4n) is 4.51. The molecule has 3 unspecified atom stereocenters. The summed E-state index contributed by atoms with van der Waals surface area (Å²) in [5, 5.41) is 9.61. The molecule has 2 fully saturated rings. The summed E-state index contributed by atoms with van der Waals surface area (Å²) in [6.45, 7) is 1.51. The van der Waals surface area contributed by atoms with Crippen molar-refractivity contribution in [1.29, 1.82) is 0 Å². The molecule has 0 spiro atoms. The first-order valence-corrected chi connectivity index (χ1v) is 7.80. The van der Waals surface area contributed by atoms with E-state index in [1.807, 2.05) is 17.0 Å². The highest BCUT2D eigenvalue weighted by Gasteiger charge is 2.44. The number of amides is 1. The minimum atomic E-state index is 0.285. The fourth-order valence-corrected chi connectivity index (χ4v) is 4.51. The van der Waals surface area contributed by atoms with Gasteiger partial charge in [0.15, 0.2) is 0 Å². The Hall–Kier alpha value is -1.51. The lowest BCUT2D eigenvalue weighted by Crippen LogP contribution is -2.41. The molecule has 3 atom stereocenters. The van der Waals surface area contributed by atoms with Gasteiger partial charge in [-0.25, -0.2) is 0 Å². The van der Waals surface area contributed by atoms with Crippen molar-refractivity contribution in [2.24, 2.45) is 17.8 Å². The highest BCUT2D eigenvalue weighted by atomic mass is 16.3. The van der Waals surface area contributed by atoms with Crippen LogP contribution in [0.1, 0.15) is 36.8 Å². The molecule has 4 rings (SSSR count). The molecule has 1 aromatic carbocycles. The quantitative estimate of drug-likeness (QED) is 0.853. The van der Waals surface area contributed by atoms with Crippen LogP contribution in [0.15, 0.2) is 18.2 Å². The Bertz CT molecular complexity index is 554. The van der Waals surface area contributed by atoms with E-state index in [4.69, 9.17) is 0 Å². The van der Waals surface area contributed by atoms with Gasteiger partial charge >= 0.3 is 0 Å². The number of benzene rings is 1. The first-order chi connectivity index (χ1) is 9.70. The molecule has 20 heavy (non-hydrogen) atoms.